The molecule has 0 aliphatic carbocycles. The minimum Gasteiger partial charge on any atom is -0.359 e. The van der Waals surface area contributed by atoms with Gasteiger partial charge in [-0.3, -0.25) is 9.59 Å². The van der Waals surface area contributed by atoms with Crippen molar-refractivity contribution >= 4 is 11.8 Å². The van der Waals surface area contributed by atoms with Crippen molar-refractivity contribution in [2.45, 2.75) is 19.5 Å². The van der Waals surface area contributed by atoms with E-state index in [9.17, 15) is 14.0 Å². The first-order valence-electron chi connectivity index (χ1n) is 10.9. The third-order valence-electron chi connectivity index (χ3n) is 5.33. The number of hydrogen-bond acceptors (Lipinski definition) is 4. The molecule has 6 nitrogen and oxygen atoms in total. The maximum atomic E-state index is 13.2. The molecule has 7 heteroatoms. The second-order valence-corrected chi connectivity index (χ2v) is 7.82. The molecule has 0 saturated heterocycles. The summed E-state index contributed by atoms with van der Waals surface area (Å²) in [5.41, 5.74) is 2.57. The van der Waals surface area contributed by atoms with E-state index < -0.39 is 5.91 Å². The number of carbonyl (C=O) groups excluding carboxylic acids is 2. The summed E-state index contributed by atoms with van der Waals surface area (Å²) in [6.45, 7) is 0.889. The lowest BCUT2D eigenvalue weighted by Gasteiger charge is -2.21. The number of carbonyl (C=O) groups is 2. The summed E-state index contributed by atoms with van der Waals surface area (Å²) in [5, 5.41) is 6.59. The molecule has 172 valence electrons. The van der Waals surface area contributed by atoms with Gasteiger partial charge in [0.1, 0.15) is 5.82 Å². The van der Waals surface area contributed by atoms with Crippen LogP contribution in [0.1, 0.15) is 37.7 Å². The predicted molar refractivity (Wildman–Crippen MR) is 125 cm³/mol. The van der Waals surface area contributed by atoms with Crippen LogP contribution in [0.15, 0.2) is 95.5 Å². The summed E-state index contributed by atoms with van der Waals surface area (Å²) >= 11 is 0. The highest BCUT2D eigenvalue weighted by Gasteiger charge is 2.20. The molecule has 1 N–H and O–H groups in total. The summed E-state index contributed by atoms with van der Waals surface area (Å²) < 4.78 is 18.4. The fraction of sp³-hybridized carbons (Fsp3) is 0.148. The van der Waals surface area contributed by atoms with Crippen LogP contribution in [0.25, 0.3) is 0 Å². The van der Waals surface area contributed by atoms with Crippen molar-refractivity contribution in [3.8, 4) is 0 Å². The molecule has 0 radical (unpaired) electrons. The minimum absolute atomic E-state index is 0.118. The van der Waals surface area contributed by atoms with E-state index in [-0.39, 0.29) is 30.5 Å². The smallest absolute Gasteiger partial charge is 0.273 e. The first kappa shape index (κ1) is 22.9. The van der Waals surface area contributed by atoms with Crippen LogP contribution in [0.3, 0.4) is 0 Å². The number of aromatic nitrogens is 1. The first-order valence-corrected chi connectivity index (χ1v) is 10.9. The van der Waals surface area contributed by atoms with Gasteiger partial charge < -0.3 is 14.7 Å². The van der Waals surface area contributed by atoms with Gasteiger partial charge >= 0.3 is 0 Å². The molecule has 0 spiro atoms. The summed E-state index contributed by atoms with van der Waals surface area (Å²) in [5.74, 6) is -0.470. The van der Waals surface area contributed by atoms with Crippen molar-refractivity contribution in [2.24, 2.45) is 0 Å². The van der Waals surface area contributed by atoms with Crippen LogP contribution in [0.4, 0.5) is 4.39 Å². The van der Waals surface area contributed by atoms with Gasteiger partial charge in [-0.15, -0.1) is 0 Å². The molecule has 1 aromatic heterocycles. The summed E-state index contributed by atoms with van der Waals surface area (Å²) in [4.78, 5) is 27.3. The van der Waals surface area contributed by atoms with E-state index in [0.29, 0.717) is 24.3 Å². The second kappa shape index (κ2) is 11.0. The topological polar surface area (TPSA) is 75.4 Å². The zero-order valence-electron chi connectivity index (χ0n) is 18.5. The lowest BCUT2D eigenvalue weighted by Crippen LogP contribution is -2.32. The Balaban J connectivity index is 1.42. The van der Waals surface area contributed by atoms with Crippen LogP contribution in [0.5, 0.6) is 0 Å². The van der Waals surface area contributed by atoms with Crippen molar-refractivity contribution < 1.29 is 18.5 Å². The fourth-order valence-electron chi connectivity index (χ4n) is 3.48. The number of hydrogen-bond donors (Lipinski definition) is 1. The average Bonchev–Trinajstić information content (AvgIpc) is 3.35. The van der Waals surface area contributed by atoms with Crippen molar-refractivity contribution in [1.29, 1.82) is 0 Å². The van der Waals surface area contributed by atoms with Gasteiger partial charge in [-0.2, -0.15) is 0 Å². The van der Waals surface area contributed by atoms with Crippen LogP contribution in [-0.2, 0) is 19.5 Å². The van der Waals surface area contributed by atoms with E-state index in [1.807, 2.05) is 48.5 Å². The number of nitrogens with one attached hydrogen (secondary N) is 1. The first-order chi connectivity index (χ1) is 16.6. The zero-order chi connectivity index (χ0) is 23.8. The molecule has 0 bridgehead atoms. The maximum absolute atomic E-state index is 13.2. The number of halogens is 1. The van der Waals surface area contributed by atoms with Crippen molar-refractivity contribution in [3.05, 3.63) is 125 Å². The SMILES string of the molecule is O=C(NCc1ccc(F)cc1)c1cc(CN(CCc2ccccc2)C(=O)c2ccccc2)on1. The quantitative estimate of drug-likeness (QED) is 0.398. The molecular weight excluding hydrogens is 433 g/mol. The van der Waals surface area contributed by atoms with Gasteiger partial charge in [-0.25, -0.2) is 4.39 Å². The fourth-order valence-corrected chi connectivity index (χ4v) is 3.48. The van der Waals surface area contributed by atoms with Crippen molar-refractivity contribution in [2.75, 3.05) is 6.54 Å². The van der Waals surface area contributed by atoms with E-state index >= 15 is 0 Å². The Bertz CT molecular complexity index is 1220. The Morgan fingerprint density at radius 2 is 1.56 bits per heavy atom. The molecule has 0 unspecified atom stereocenters. The lowest BCUT2D eigenvalue weighted by molar-refractivity contribution is 0.0729. The van der Waals surface area contributed by atoms with Gasteiger partial charge in [-0.1, -0.05) is 65.8 Å². The Hall–Kier alpha value is -4.26. The highest BCUT2D eigenvalue weighted by molar-refractivity contribution is 5.94. The predicted octanol–water partition coefficient (Wildman–Crippen LogP) is 4.63. The third-order valence-corrected chi connectivity index (χ3v) is 5.33. The van der Waals surface area contributed by atoms with Crippen LogP contribution in [0, 0.1) is 5.82 Å². The highest BCUT2D eigenvalue weighted by Crippen LogP contribution is 2.14. The van der Waals surface area contributed by atoms with Crippen LogP contribution < -0.4 is 5.32 Å². The molecule has 0 atom stereocenters. The van der Waals surface area contributed by atoms with Gasteiger partial charge in [0.2, 0.25) is 0 Å². The van der Waals surface area contributed by atoms with E-state index in [1.54, 1.807) is 29.2 Å². The van der Waals surface area contributed by atoms with E-state index in [1.165, 1.54) is 18.2 Å². The third kappa shape index (κ3) is 6.16. The maximum Gasteiger partial charge on any atom is 0.273 e. The molecule has 4 rings (SSSR count). The Morgan fingerprint density at radius 3 is 2.26 bits per heavy atom. The second-order valence-electron chi connectivity index (χ2n) is 7.82. The van der Waals surface area contributed by atoms with E-state index in [0.717, 1.165) is 11.1 Å². The number of nitrogens with zero attached hydrogens (tertiary/aromatic N) is 2. The molecule has 0 aliphatic heterocycles. The molecule has 0 fully saturated rings. The monoisotopic (exact) mass is 457 g/mol. The highest BCUT2D eigenvalue weighted by atomic mass is 19.1. The van der Waals surface area contributed by atoms with Crippen molar-refractivity contribution in [3.63, 3.8) is 0 Å². The Kier molecular flexibility index (Phi) is 7.45. The summed E-state index contributed by atoms with van der Waals surface area (Å²) in [6.07, 6.45) is 0.679. The van der Waals surface area contributed by atoms with Crippen molar-refractivity contribution in [1.82, 2.24) is 15.4 Å². The molecule has 1 heterocycles. The largest absolute Gasteiger partial charge is 0.359 e. The molecule has 0 saturated carbocycles. The Labute approximate surface area is 197 Å². The summed E-state index contributed by atoms with van der Waals surface area (Å²) in [7, 11) is 0. The average molecular weight is 458 g/mol. The molecular formula is C27H24FN3O3. The van der Waals surface area contributed by atoms with Gasteiger partial charge in [0.05, 0.1) is 6.54 Å². The minimum atomic E-state index is -0.412. The van der Waals surface area contributed by atoms with Crippen LogP contribution >= 0.6 is 0 Å². The lowest BCUT2D eigenvalue weighted by atomic mass is 10.1. The number of rotatable bonds is 9. The van der Waals surface area contributed by atoms with Gasteiger partial charge in [0, 0.05) is 24.7 Å². The Morgan fingerprint density at radius 1 is 0.882 bits per heavy atom. The number of amides is 2. The summed E-state index contributed by atoms with van der Waals surface area (Å²) in [6, 6.07) is 26.4. The van der Waals surface area contributed by atoms with Gasteiger partial charge in [0.25, 0.3) is 11.8 Å². The molecule has 34 heavy (non-hydrogen) atoms. The molecule has 2 amide bonds. The molecule has 0 aliphatic rings. The van der Waals surface area contributed by atoms with Crippen LogP contribution in [0.2, 0.25) is 0 Å². The zero-order valence-corrected chi connectivity index (χ0v) is 18.5. The van der Waals surface area contributed by atoms with Crippen LogP contribution in [-0.4, -0.2) is 28.4 Å². The number of benzene rings is 3. The molecule has 3 aromatic carbocycles. The van der Waals surface area contributed by atoms with E-state index in [2.05, 4.69) is 10.5 Å². The van der Waals surface area contributed by atoms with Gasteiger partial charge in [-0.05, 0) is 41.8 Å². The molecule has 4 aromatic rings. The van der Waals surface area contributed by atoms with Gasteiger partial charge in [0.15, 0.2) is 11.5 Å². The van der Waals surface area contributed by atoms with E-state index in [4.69, 9.17) is 4.52 Å². The standard InChI is InChI=1S/C27H24FN3O3/c28-23-13-11-21(12-14-23)18-29-26(32)25-17-24(34-30-25)19-31(16-15-20-7-3-1-4-8-20)27(33)22-9-5-2-6-10-22/h1-14,17H,15-16,18-19H2,(H,29,32). The normalized spacial score (nSPS) is 10.6.